The molecule has 1 heterocycles. The van der Waals surface area contributed by atoms with E-state index in [2.05, 4.69) is 0 Å². The zero-order chi connectivity index (χ0) is 14.6. The van der Waals surface area contributed by atoms with E-state index in [1.807, 2.05) is 0 Å². The maximum absolute atomic E-state index is 11.1. The van der Waals surface area contributed by atoms with Gasteiger partial charge in [-0.05, 0) is 0 Å². The molecule has 0 spiro atoms. The SMILES string of the molecule is CO[C@]1(CO)O[C@H](CO)[C@@H](OC(C)=O)[C@@H]1OC(C)=O. The van der Waals surface area contributed by atoms with Crippen LogP contribution >= 0.6 is 0 Å². The second-order valence-corrected chi connectivity index (χ2v) is 4.12. The van der Waals surface area contributed by atoms with E-state index in [0.29, 0.717) is 0 Å². The number of aliphatic hydroxyl groups excluding tert-OH is 2. The molecule has 0 aromatic rings. The fourth-order valence-electron chi connectivity index (χ4n) is 2.00. The van der Waals surface area contributed by atoms with Crippen molar-refractivity contribution in [2.75, 3.05) is 20.3 Å². The van der Waals surface area contributed by atoms with Crippen molar-refractivity contribution < 1.29 is 38.7 Å². The molecule has 0 radical (unpaired) electrons. The highest BCUT2D eigenvalue weighted by Gasteiger charge is 2.59. The van der Waals surface area contributed by atoms with Crippen LogP contribution in [0.5, 0.6) is 0 Å². The molecule has 1 rings (SSSR count). The Hall–Kier alpha value is -1.22. The first-order chi connectivity index (χ1) is 8.90. The van der Waals surface area contributed by atoms with Gasteiger partial charge in [0, 0.05) is 21.0 Å². The van der Waals surface area contributed by atoms with Gasteiger partial charge in [-0.15, -0.1) is 0 Å². The Balaban J connectivity index is 3.07. The molecule has 0 saturated carbocycles. The summed E-state index contributed by atoms with van der Waals surface area (Å²) < 4.78 is 20.4. The molecule has 1 fully saturated rings. The molecule has 1 aliphatic rings. The van der Waals surface area contributed by atoms with Crippen LogP contribution in [0, 0.1) is 0 Å². The van der Waals surface area contributed by atoms with Crippen LogP contribution in [-0.4, -0.2) is 66.6 Å². The number of ether oxygens (including phenoxy) is 4. The Kier molecular flexibility index (Phi) is 5.24. The molecule has 0 aliphatic carbocycles. The lowest BCUT2D eigenvalue weighted by molar-refractivity contribution is -0.267. The first-order valence-electron chi connectivity index (χ1n) is 5.69. The summed E-state index contributed by atoms with van der Waals surface area (Å²) >= 11 is 0. The lowest BCUT2D eigenvalue weighted by Gasteiger charge is -2.31. The summed E-state index contributed by atoms with van der Waals surface area (Å²) in [5.74, 6) is -2.95. The summed E-state index contributed by atoms with van der Waals surface area (Å²) in [6, 6.07) is 0. The average Bonchev–Trinajstić information content (AvgIpc) is 2.63. The van der Waals surface area contributed by atoms with Gasteiger partial charge in [-0.1, -0.05) is 0 Å². The molecule has 8 nitrogen and oxygen atoms in total. The van der Waals surface area contributed by atoms with Crippen molar-refractivity contribution in [1.82, 2.24) is 0 Å². The minimum Gasteiger partial charge on any atom is -0.455 e. The van der Waals surface area contributed by atoms with Gasteiger partial charge in [-0.2, -0.15) is 0 Å². The predicted molar refractivity (Wildman–Crippen MR) is 59.9 cm³/mol. The Bertz CT molecular complexity index is 338. The smallest absolute Gasteiger partial charge is 0.303 e. The van der Waals surface area contributed by atoms with Gasteiger partial charge in [0.05, 0.1) is 6.61 Å². The molecule has 0 bridgehead atoms. The summed E-state index contributed by atoms with van der Waals surface area (Å²) in [7, 11) is 1.25. The Labute approximate surface area is 110 Å². The van der Waals surface area contributed by atoms with E-state index in [0.717, 1.165) is 6.92 Å². The van der Waals surface area contributed by atoms with Crippen LogP contribution in [0.2, 0.25) is 0 Å². The van der Waals surface area contributed by atoms with Crippen LogP contribution < -0.4 is 0 Å². The Morgan fingerprint density at radius 3 is 2.16 bits per heavy atom. The zero-order valence-electron chi connectivity index (χ0n) is 11.0. The van der Waals surface area contributed by atoms with Gasteiger partial charge in [0.1, 0.15) is 12.7 Å². The molecule has 110 valence electrons. The van der Waals surface area contributed by atoms with Crippen molar-refractivity contribution in [2.24, 2.45) is 0 Å². The maximum Gasteiger partial charge on any atom is 0.303 e. The van der Waals surface area contributed by atoms with E-state index >= 15 is 0 Å². The molecule has 8 heteroatoms. The van der Waals surface area contributed by atoms with Gasteiger partial charge in [0.15, 0.2) is 12.2 Å². The zero-order valence-corrected chi connectivity index (χ0v) is 11.0. The summed E-state index contributed by atoms with van der Waals surface area (Å²) in [5, 5.41) is 18.6. The molecular weight excluding hydrogens is 260 g/mol. The van der Waals surface area contributed by atoms with Crippen molar-refractivity contribution in [3.63, 3.8) is 0 Å². The maximum atomic E-state index is 11.1. The normalized spacial score (nSPS) is 34.1. The van der Waals surface area contributed by atoms with Crippen LogP contribution in [0.25, 0.3) is 0 Å². The van der Waals surface area contributed by atoms with Gasteiger partial charge in [-0.3, -0.25) is 9.59 Å². The topological polar surface area (TPSA) is 112 Å². The van der Waals surface area contributed by atoms with Crippen molar-refractivity contribution in [1.29, 1.82) is 0 Å². The lowest BCUT2D eigenvalue weighted by Crippen LogP contribution is -2.51. The van der Waals surface area contributed by atoms with Crippen LogP contribution in [0.15, 0.2) is 0 Å². The van der Waals surface area contributed by atoms with E-state index in [9.17, 15) is 19.8 Å². The molecular formula is C11H18O8. The van der Waals surface area contributed by atoms with Crippen LogP contribution in [-0.2, 0) is 28.5 Å². The van der Waals surface area contributed by atoms with Crippen LogP contribution in [0.4, 0.5) is 0 Å². The number of esters is 2. The number of hydrogen-bond acceptors (Lipinski definition) is 8. The third kappa shape index (κ3) is 3.21. The minimum atomic E-state index is -1.67. The summed E-state index contributed by atoms with van der Waals surface area (Å²) in [6.07, 6.45) is -3.18. The van der Waals surface area contributed by atoms with Gasteiger partial charge in [-0.25, -0.2) is 0 Å². The van der Waals surface area contributed by atoms with E-state index < -0.39 is 49.3 Å². The largest absolute Gasteiger partial charge is 0.455 e. The fraction of sp³-hybridized carbons (Fsp3) is 0.818. The third-order valence-electron chi connectivity index (χ3n) is 2.79. The number of carbonyl (C=O) groups is 2. The third-order valence-corrected chi connectivity index (χ3v) is 2.79. The second-order valence-electron chi connectivity index (χ2n) is 4.12. The Morgan fingerprint density at radius 1 is 1.21 bits per heavy atom. The van der Waals surface area contributed by atoms with E-state index in [1.54, 1.807) is 0 Å². The van der Waals surface area contributed by atoms with Gasteiger partial charge in [0.25, 0.3) is 0 Å². The number of carbonyl (C=O) groups excluding carboxylic acids is 2. The fourth-order valence-corrected chi connectivity index (χ4v) is 2.00. The van der Waals surface area contributed by atoms with Crippen LogP contribution in [0.3, 0.4) is 0 Å². The first-order valence-corrected chi connectivity index (χ1v) is 5.69. The molecule has 0 amide bonds. The summed E-state index contributed by atoms with van der Waals surface area (Å²) in [4.78, 5) is 22.2. The quantitative estimate of drug-likeness (QED) is 0.589. The number of rotatable bonds is 5. The predicted octanol–water partition coefficient (Wildman–Crippen LogP) is -1.42. The van der Waals surface area contributed by atoms with Crippen molar-refractivity contribution in [3.8, 4) is 0 Å². The minimum absolute atomic E-state index is 0.485. The number of methoxy groups -OCH3 is 1. The summed E-state index contributed by atoms with van der Waals surface area (Å²) in [5.41, 5.74) is 0. The monoisotopic (exact) mass is 278 g/mol. The van der Waals surface area contributed by atoms with Gasteiger partial charge in [0.2, 0.25) is 5.79 Å². The highest BCUT2D eigenvalue weighted by atomic mass is 16.8. The number of aliphatic hydroxyl groups is 2. The average molecular weight is 278 g/mol. The molecule has 2 N–H and O–H groups in total. The number of hydrogen-bond donors (Lipinski definition) is 2. The molecule has 19 heavy (non-hydrogen) atoms. The van der Waals surface area contributed by atoms with Crippen molar-refractivity contribution >= 4 is 11.9 Å². The molecule has 4 atom stereocenters. The van der Waals surface area contributed by atoms with Crippen LogP contribution in [0.1, 0.15) is 13.8 Å². The molecule has 0 aromatic heterocycles. The van der Waals surface area contributed by atoms with E-state index in [-0.39, 0.29) is 0 Å². The Morgan fingerprint density at radius 2 is 1.79 bits per heavy atom. The molecule has 1 saturated heterocycles. The van der Waals surface area contributed by atoms with Crippen molar-refractivity contribution in [2.45, 2.75) is 37.9 Å². The molecule has 0 unspecified atom stereocenters. The summed E-state index contributed by atoms with van der Waals surface area (Å²) in [6.45, 7) is 1.22. The lowest BCUT2D eigenvalue weighted by atomic mass is 10.1. The standard InChI is InChI=1S/C11H18O8/c1-6(14)17-9-8(4-12)19-11(5-13,16-3)10(9)18-7(2)15/h8-10,12-13H,4-5H2,1-3H3/t8-,9-,10+,11-/m1/s1. The second kappa shape index (κ2) is 6.29. The van der Waals surface area contributed by atoms with Gasteiger partial charge < -0.3 is 29.2 Å². The highest BCUT2D eigenvalue weighted by molar-refractivity contribution is 5.67. The molecule has 1 aliphatic heterocycles. The van der Waals surface area contributed by atoms with Crippen molar-refractivity contribution in [3.05, 3.63) is 0 Å². The van der Waals surface area contributed by atoms with E-state index in [4.69, 9.17) is 18.9 Å². The van der Waals surface area contributed by atoms with E-state index in [1.165, 1.54) is 14.0 Å². The highest BCUT2D eigenvalue weighted by Crippen LogP contribution is 2.35. The first kappa shape index (κ1) is 15.8. The van der Waals surface area contributed by atoms with Gasteiger partial charge >= 0.3 is 11.9 Å². The molecule has 0 aromatic carbocycles.